The average Bonchev–Trinajstić information content (AvgIpc) is 3.45. The minimum Gasteiger partial charge on any atom is -0.467 e. The molecule has 0 aliphatic rings. The van der Waals surface area contributed by atoms with Gasteiger partial charge in [0.15, 0.2) is 10.1 Å². The van der Waals surface area contributed by atoms with Crippen molar-refractivity contribution in [1.82, 2.24) is 14.8 Å². The highest BCUT2D eigenvalue weighted by molar-refractivity contribution is 8.01. The second kappa shape index (κ2) is 8.67. The number of aryl methyl sites for hydroxylation is 1. The molecule has 0 fully saturated rings. The molecule has 4 rings (SSSR count). The van der Waals surface area contributed by atoms with Gasteiger partial charge in [0.25, 0.3) is 0 Å². The highest BCUT2D eigenvalue weighted by Crippen LogP contribution is 2.29. The number of aromatic nitrogens is 3. The quantitative estimate of drug-likeness (QED) is 0.305. The Bertz CT molecular complexity index is 1100. The van der Waals surface area contributed by atoms with E-state index in [0.717, 1.165) is 32.7 Å². The van der Waals surface area contributed by atoms with E-state index in [-0.39, 0.29) is 5.78 Å². The SMILES string of the molecule is Cc1cc(C(=O)CSc2nnc(Nc3ccccc3)s2)c(C)n1Cc1ccco1. The summed E-state index contributed by atoms with van der Waals surface area (Å²) >= 11 is 2.85. The number of nitrogens with zero attached hydrogens (tertiary/aromatic N) is 3. The van der Waals surface area contributed by atoms with Crippen LogP contribution < -0.4 is 5.32 Å². The van der Waals surface area contributed by atoms with Crippen LogP contribution in [0.3, 0.4) is 0 Å². The molecule has 0 aliphatic heterocycles. The summed E-state index contributed by atoms with van der Waals surface area (Å²) in [4.78, 5) is 12.8. The fourth-order valence-electron chi connectivity index (χ4n) is 3.05. The second-order valence-corrected chi connectivity index (χ2v) is 8.73. The Morgan fingerprint density at radius 3 is 2.76 bits per heavy atom. The molecule has 3 aromatic heterocycles. The number of carbonyl (C=O) groups is 1. The highest BCUT2D eigenvalue weighted by atomic mass is 32.2. The molecule has 0 saturated heterocycles. The highest BCUT2D eigenvalue weighted by Gasteiger charge is 2.17. The van der Waals surface area contributed by atoms with Crippen LogP contribution in [-0.4, -0.2) is 26.3 Å². The van der Waals surface area contributed by atoms with Crippen LogP contribution in [0, 0.1) is 13.8 Å². The molecule has 8 heteroatoms. The molecule has 0 aliphatic carbocycles. The first-order valence-electron chi connectivity index (χ1n) is 9.11. The molecule has 1 aromatic carbocycles. The zero-order valence-corrected chi connectivity index (χ0v) is 17.7. The Morgan fingerprint density at radius 2 is 2.00 bits per heavy atom. The normalized spacial score (nSPS) is 11.0. The number of para-hydroxylation sites is 1. The maximum Gasteiger partial charge on any atom is 0.210 e. The third kappa shape index (κ3) is 4.60. The lowest BCUT2D eigenvalue weighted by Gasteiger charge is -2.07. The first-order chi connectivity index (χ1) is 14.1. The van der Waals surface area contributed by atoms with E-state index >= 15 is 0 Å². The number of benzene rings is 1. The number of carbonyl (C=O) groups excluding carboxylic acids is 1. The van der Waals surface area contributed by atoms with Crippen molar-refractivity contribution < 1.29 is 9.21 Å². The summed E-state index contributed by atoms with van der Waals surface area (Å²) in [5.74, 6) is 1.28. The van der Waals surface area contributed by atoms with Crippen LogP contribution in [-0.2, 0) is 6.54 Å². The Kier molecular flexibility index (Phi) is 5.82. The van der Waals surface area contributed by atoms with Crippen LogP contribution in [0.4, 0.5) is 10.8 Å². The van der Waals surface area contributed by atoms with Crippen molar-refractivity contribution in [3.8, 4) is 0 Å². The van der Waals surface area contributed by atoms with E-state index in [1.54, 1.807) is 6.26 Å². The minimum absolute atomic E-state index is 0.0848. The molecule has 0 radical (unpaired) electrons. The van der Waals surface area contributed by atoms with Crippen molar-refractivity contribution in [1.29, 1.82) is 0 Å². The van der Waals surface area contributed by atoms with E-state index < -0.39 is 0 Å². The molecule has 4 aromatic rings. The molecule has 3 heterocycles. The molecule has 0 saturated carbocycles. The van der Waals surface area contributed by atoms with E-state index in [0.29, 0.717) is 17.4 Å². The lowest BCUT2D eigenvalue weighted by Crippen LogP contribution is -2.07. The zero-order valence-electron chi connectivity index (χ0n) is 16.1. The maximum absolute atomic E-state index is 12.8. The molecule has 0 atom stereocenters. The summed E-state index contributed by atoms with van der Waals surface area (Å²) in [7, 11) is 0. The van der Waals surface area contributed by atoms with E-state index in [9.17, 15) is 4.79 Å². The first-order valence-corrected chi connectivity index (χ1v) is 10.9. The van der Waals surface area contributed by atoms with Crippen molar-refractivity contribution in [2.45, 2.75) is 24.7 Å². The number of furan rings is 1. The van der Waals surface area contributed by atoms with Crippen LogP contribution in [0.2, 0.25) is 0 Å². The van der Waals surface area contributed by atoms with E-state index in [1.807, 2.05) is 62.4 Å². The third-order valence-electron chi connectivity index (χ3n) is 4.53. The summed E-state index contributed by atoms with van der Waals surface area (Å²) in [6, 6.07) is 15.6. The number of Topliss-reactive ketones (excluding diaryl/α,β-unsaturated/α-hetero) is 1. The van der Waals surface area contributed by atoms with Gasteiger partial charge in [-0.1, -0.05) is 41.3 Å². The largest absolute Gasteiger partial charge is 0.467 e. The number of rotatable bonds is 8. The van der Waals surface area contributed by atoms with Gasteiger partial charge in [-0.25, -0.2) is 0 Å². The number of nitrogens with one attached hydrogen (secondary N) is 1. The van der Waals surface area contributed by atoms with E-state index in [2.05, 4.69) is 20.1 Å². The third-order valence-corrected chi connectivity index (χ3v) is 6.50. The predicted octanol–water partition coefficient (Wildman–Crippen LogP) is 5.32. The monoisotopic (exact) mass is 424 g/mol. The summed E-state index contributed by atoms with van der Waals surface area (Å²) in [6.07, 6.45) is 1.66. The molecular weight excluding hydrogens is 404 g/mol. The Balaban J connectivity index is 1.39. The molecule has 0 spiro atoms. The van der Waals surface area contributed by atoms with Crippen LogP contribution >= 0.6 is 23.1 Å². The van der Waals surface area contributed by atoms with Crippen molar-refractivity contribution >= 4 is 39.7 Å². The fourth-order valence-corrected chi connectivity index (χ4v) is 4.71. The summed E-state index contributed by atoms with van der Waals surface area (Å²) in [5, 5.41) is 12.3. The Hall–Kier alpha value is -2.84. The molecule has 6 nitrogen and oxygen atoms in total. The molecule has 1 N–H and O–H groups in total. The van der Waals surface area contributed by atoms with Gasteiger partial charge in [0.1, 0.15) is 5.76 Å². The van der Waals surface area contributed by atoms with Gasteiger partial charge < -0.3 is 14.3 Å². The van der Waals surface area contributed by atoms with Crippen LogP contribution in [0.25, 0.3) is 0 Å². The van der Waals surface area contributed by atoms with Gasteiger partial charge >= 0.3 is 0 Å². The zero-order chi connectivity index (χ0) is 20.2. The van der Waals surface area contributed by atoms with Crippen LogP contribution in [0.15, 0.2) is 63.6 Å². The minimum atomic E-state index is 0.0848. The first kappa shape index (κ1) is 19.5. The van der Waals surface area contributed by atoms with Crippen molar-refractivity contribution in [3.63, 3.8) is 0 Å². The molecule has 148 valence electrons. The van der Waals surface area contributed by atoms with Gasteiger partial charge in [-0.05, 0) is 44.2 Å². The standard InChI is InChI=1S/C21H20N4O2S2/c1-14-11-18(15(2)25(14)12-17-9-6-10-27-17)19(26)13-28-21-24-23-20(29-21)22-16-7-4-3-5-8-16/h3-11H,12-13H2,1-2H3,(H,22,23). The van der Waals surface area contributed by atoms with Crippen molar-refractivity contribution in [2.75, 3.05) is 11.1 Å². The Labute approximate surface area is 177 Å². The van der Waals surface area contributed by atoms with E-state index in [1.165, 1.54) is 23.1 Å². The summed E-state index contributed by atoms with van der Waals surface area (Å²) in [6.45, 7) is 4.60. The lowest BCUT2D eigenvalue weighted by atomic mass is 10.2. The molecule has 29 heavy (non-hydrogen) atoms. The maximum atomic E-state index is 12.8. The van der Waals surface area contributed by atoms with Crippen molar-refractivity contribution in [2.24, 2.45) is 0 Å². The van der Waals surface area contributed by atoms with Gasteiger partial charge in [-0.2, -0.15) is 0 Å². The van der Waals surface area contributed by atoms with Crippen LogP contribution in [0.5, 0.6) is 0 Å². The van der Waals surface area contributed by atoms with E-state index in [4.69, 9.17) is 4.42 Å². The Morgan fingerprint density at radius 1 is 1.17 bits per heavy atom. The van der Waals surface area contributed by atoms with Crippen molar-refractivity contribution in [3.05, 3.63) is 77.5 Å². The number of hydrogen-bond acceptors (Lipinski definition) is 7. The summed E-state index contributed by atoms with van der Waals surface area (Å²) < 4.78 is 8.30. The van der Waals surface area contributed by atoms with Gasteiger partial charge in [-0.15, -0.1) is 10.2 Å². The number of thioether (sulfide) groups is 1. The number of hydrogen-bond donors (Lipinski definition) is 1. The van der Waals surface area contributed by atoms with Gasteiger partial charge in [0.05, 0.1) is 18.6 Å². The second-order valence-electron chi connectivity index (χ2n) is 6.53. The topological polar surface area (TPSA) is 73.0 Å². The van der Waals surface area contributed by atoms with Gasteiger partial charge in [0, 0.05) is 22.6 Å². The smallest absolute Gasteiger partial charge is 0.210 e. The molecular formula is C21H20N4O2S2. The fraction of sp³-hybridized carbons (Fsp3) is 0.190. The van der Waals surface area contributed by atoms with Crippen LogP contribution in [0.1, 0.15) is 27.5 Å². The average molecular weight is 425 g/mol. The number of ketones is 1. The van der Waals surface area contributed by atoms with Gasteiger partial charge in [-0.3, -0.25) is 4.79 Å². The molecule has 0 amide bonds. The predicted molar refractivity (Wildman–Crippen MR) is 116 cm³/mol. The molecule has 0 unspecified atom stereocenters. The number of anilines is 2. The summed E-state index contributed by atoms with van der Waals surface area (Å²) in [5.41, 5.74) is 3.69. The molecule has 0 bridgehead atoms. The van der Waals surface area contributed by atoms with Gasteiger partial charge in [0.2, 0.25) is 5.13 Å². The lowest BCUT2D eigenvalue weighted by molar-refractivity contribution is 0.102.